The molecule has 0 aromatic carbocycles. The summed E-state index contributed by atoms with van der Waals surface area (Å²) in [6.45, 7) is 12.9. The summed E-state index contributed by atoms with van der Waals surface area (Å²) in [6.07, 6.45) is 18.2. The lowest BCUT2D eigenvalue weighted by Gasteiger charge is -2.59. The summed E-state index contributed by atoms with van der Waals surface area (Å²) < 4.78 is 0. The van der Waals surface area contributed by atoms with E-state index in [0.717, 1.165) is 55.8 Å². The van der Waals surface area contributed by atoms with Crippen molar-refractivity contribution in [1.82, 2.24) is 0 Å². The minimum absolute atomic E-state index is 0.327. The van der Waals surface area contributed by atoms with E-state index < -0.39 is 11.2 Å². The summed E-state index contributed by atoms with van der Waals surface area (Å²) in [5.41, 5.74) is 1.32. The zero-order valence-corrected chi connectivity index (χ0v) is 20.1. The van der Waals surface area contributed by atoms with Crippen LogP contribution in [0.1, 0.15) is 105 Å². The molecule has 30 heavy (non-hydrogen) atoms. The van der Waals surface area contributed by atoms with E-state index in [1.165, 1.54) is 38.5 Å². The van der Waals surface area contributed by atoms with Crippen molar-refractivity contribution in [2.75, 3.05) is 0 Å². The van der Waals surface area contributed by atoms with E-state index in [4.69, 9.17) is 0 Å². The molecule has 2 nitrogen and oxygen atoms in total. The molecule has 0 aliphatic heterocycles. The number of allylic oxidation sites excluding steroid dienone is 1. The molecule has 0 aromatic heterocycles. The fraction of sp³-hybridized carbons (Fsp3) is 0.857. The van der Waals surface area contributed by atoms with Gasteiger partial charge >= 0.3 is 0 Å². The summed E-state index contributed by atoms with van der Waals surface area (Å²) in [4.78, 5) is 0. The molecule has 0 saturated heterocycles. The van der Waals surface area contributed by atoms with E-state index in [2.05, 4.69) is 26.5 Å². The van der Waals surface area contributed by atoms with Gasteiger partial charge in [-0.05, 0) is 119 Å². The van der Waals surface area contributed by atoms with E-state index in [-0.39, 0.29) is 0 Å². The molecule has 8 atom stereocenters. The van der Waals surface area contributed by atoms with Crippen LogP contribution in [-0.4, -0.2) is 21.4 Å². The van der Waals surface area contributed by atoms with E-state index in [0.29, 0.717) is 17.3 Å². The maximum absolute atomic E-state index is 10.7. The number of aliphatic hydroxyl groups is 2. The quantitative estimate of drug-likeness (QED) is 0.468. The van der Waals surface area contributed by atoms with Gasteiger partial charge in [0.25, 0.3) is 0 Å². The van der Waals surface area contributed by atoms with Gasteiger partial charge in [0, 0.05) is 0 Å². The SMILES string of the molecule is C=CCC(C)(O)CCC[C@H]1CC[C@H]2[C@@H]3CC=C4C[C@@](C)(O)CC[C@]4(C)[C@H]3CC[C@]12C. The second kappa shape index (κ2) is 7.77. The summed E-state index contributed by atoms with van der Waals surface area (Å²) in [6, 6.07) is 0. The first-order chi connectivity index (χ1) is 14.0. The lowest BCUT2D eigenvalue weighted by molar-refractivity contribution is -0.0665. The molecular formula is C28H46O2. The standard InChI is InChI=1S/C28H46O2/c1-6-14-25(2,29)15-7-8-20-10-12-23-22-11-9-21-19-26(3,30)17-18-28(21,5)24(22)13-16-27(20,23)4/h6,9,20,22-24,29-30H,1,7-8,10-19H2,2-5H3/t20-,22-,23-,24-,25?,26-,27+,28-/m0/s1. The number of fused-ring (bicyclic) bond motifs is 5. The van der Waals surface area contributed by atoms with Gasteiger partial charge in [0.2, 0.25) is 0 Å². The Bertz CT molecular complexity index is 689. The van der Waals surface area contributed by atoms with E-state index in [1.54, 1.807) is 5.57 Å². The molecule has 4 aliphatic carbocycles. The van der Waals surface area contributed by atoms with Crippen LogP contribution in [0.5, 0.6) is 0 Å². The van der Waals surface area contributed by atoms with Gasteiger partial charge in [-0.3, -0.25) is 0 Å². The van der Waals surface area contributed by atoms with Gasteiger partial charge < -0.3 is 10.2 Å². The highest BCUT2D eigenvalue weighted by molar-refractivity contribution is 5.26. The van der Waals surface area contributed by atoms with Crippen molar-refractivity contribution >= 4 is 0 Å². The van der Waals surface area contributed by atoms with Gasteiger partial charge in [0.05, 0.1) is 11.2 Å². The molecule has 0 radical (unpaired) electrons. The predicted octanol–water partition coefficient (Wildman–Crippen LogP) is 6.81. The van der Waals surface area contributed by atoms with Crippen LogP contribution in [0.3, 0.4) is 0 Å². The van der Waals surface area contributed by atoms with Crippen molar-refractivity contribution in [2.45, 2.75) is 116 Å². The Morgan fingerprint density at radius 2 is 1.90 bits per heavy atom. The number of hydrogen-bond donors (Lipinski definition) is 2. The highest BCUT2D eigenvalue weighted by Crippen LogP contribution is 2.67. The maximum atomic E-state index is 10.7. The predicted molar refractivity (Wildman–Crippen MR) is 125 cm³/mol. The zero-order valence-electron chi connectivity index (χ0n) is 20.1. The van der Waals surface area contributed by atoms with Crippen molar-refractivity contribution in [3.05, 3.63) is 24.3 Å². The molecule has 0 heterocycles. The van der Waals surface area contributed by atoms with Crippen LogP contribution in [0.2, 0.25) is 0 Å². The molecular weight excluding hydrogens is 368 g/mol. The highest BCUT2D eigenvalue weighted by atomic mass is 16.3. The molecule has 0 bridgehead atoms. The van der Waals surface area contributed by atoms with Crippen LogP contribution in [0, 0.1) is 34.5 Å². The van der Waals surface area contributed by atoms with Crippen LogP contribution in [0.25, 0.3) is 0 Å². The van der Waals surface area contributed by atoms with Gasteiger partial charge in [-0.2, -0.15) is 0 Å². The largest absolute Gasteiger partial charge is 0.390 e. The molecule has 4 aliphatic rings. The smallest absolute Gasteiger partial charge is 0.0657 e. The molecule has 2 heteroatoms. The minimum atomic E-state index is -0.584. The minimum Gasteiger partial charge on any atom is -0.390 e. The summed E-state index contributed by atoms with van der Waals surface area (Å²) in [7, 11) is 0. The molecule has 170 valence electrons. The number of hydrogen-bond acceptors (Lipinski definition) is 2. The van der Waals surface area contributed by atoms with E-state index in [9.17, 15) is 10.2 Å². The van der Waals surface area contributed by atoms with Crippen molar-refractivity contribution in [2.24, 2.45) is 34.5 Å². The Morgan fingerprint density at radius 3 is 2.63 bits per heavy atom. The van der Waals surface area contributed by atoms with Gasteiger partial charge in [0.1, 0.15) is 0 Å². The number of rotatable bonds is 6. The Kier molecular flexibility index (Phi) is 5.85. The summed E-state index contributed by atoms with van der Waals surface area (Å²) in [5.74, 6) is 3.36. The average Bonchev–Trinajstić information content (AvgIpc) is 2.99. The van der Waals surface area contributed by atoms with Crippen LogP contribution in [0.15, 0.2) is 24.3 Å². The maximum Gasteiger partial charge on any atom is 0.0657 e. The van der Waals surface area contributed by atoms with Crippen LogP contribution in [-0.2, 0) is 0 Å². The van der Waals surface area contributed by atoms with Crippen LogP contribution >= 0.6 is 0 Å². The van der Waals surface area contributed by atoms with Gasteiger partial charge in [-0.25, -0.2) is 0 Å². The Labute approximate surface area is 185 Å². The van der Waals surface area contributed by atoms with Crippen molar-refractivity contribution in [3.63, 3.8) is 0 Å². The molecule has 0 spiro atoms. The molecule has 3 fully saturated rings. The van der Waals surface area contributed by atoms with Gasteiger partial charge in [0.15, 0.2) is 0 Å². The van der Waals surface area contributed by atoms with E-state index in [1.807, 2.05) is 19.9 Å². The summed E-state index contributed by atoms with van der Waals surface area (Å²) >= 11 is 0. The van der Waals surface area contributed by atoms with E-state index >= 15 is 0 Å². The second-order valence-corrected chi connectivity index (χ2v) is 12.6. The third-order valence-corrected chi connectivity index (χ3v) is 10.4. The molecule has 3 saturated carbocycles. The van der Waals surface area contributed by atoms with Crippen molar-refractivity contribution in [1.29, 1.82) is 0 Å². The second-order valence-electron chi connectivity index (χ2n) is 12.6. The van der Waals surface area contributed by atoms with Crippen molar-refractivity contribution < 1.29 is 10.2 Å². The average molecular weight is 415 g/mol. The molecule has 2 N–H and O–H groups in total. The fourth-order valence-electron chi connectivity index (χ4n) is 8.53. The van der Waals surface area contributed by atoms with Crippen LogP contribution in [0.4, 0.5) is 0 Å². The van der Waals surface area contributed by atoms with Gasteiger partial charge in [-0.1, -0.05) is 38.0 Å². The Hall–Kier alpha value is -0.600. The first-order valence-electron chi connectivity index (χ1n) is 12.8. The lowest BCUT2D eigenvalue weighted by atomic mass is 9.46. The first kappa shape index (κ1) is 22.6. The fourth-order valence-corrected chi connectivity index (χ4v) is 8.53. The Morgan fingerprint density at radius 1 is 1.13 bits per heavy atom. The zero-order chi connectivity index (χ0) is 21.8. The lowest BCUT2D eigenvalue weighted by Crippen LogP contribution is -2.51. The van der Waals surface area contributed by atoms with Crippen molar-refractivity contribution in [3.8, 4) is 0 Å². The monoisotopic (exact) mass is 414 g/mol. The molecule has 0 aromatic rings. The first-order valence-corrected chi connectivity index (χ1v) is 12.8. The molecule has 0 amide bonds. The normalized spacial score (nSPS) is 47.5. The Balaban J connectivity index is 1.45. The highest BCUT2D eigenvalue weighted by Gasteiger charge is 2.58. The van der Waals surface area contributed by atoms with Crippen LogP contribution < -0.4 is 0 Å². The summed E-state index contributed by atoms with van der Waals surface area (Å²) in [5, 5.41) is 21.2. The topological polar surface area (TPSA) is 40.5 Å². The third kappa shape index (κ3) is 3.85. The molecule has 4 rings (SSSR count). The third-order valence-electron chi connectivity index (χ3n) is 10.4. The molecule has 1 unspecified atom stereocenters. The van der Waals surface area contributed by atoms with Gasteiger partial charge in [-0.15, -0.1) is 6.58 Å².